The molecule has 2 rings (SSSR count). The molecular weight excluding hydrogens is 283 g/mol. The van der Waals surface area contributed by atoms with E-state index in [1.54, 1.807) is 6.07 Å². The average molecular weight is 300 g/mol. The van der Waals surface area contributed by atoms with Crippen LogP contribution >= 0.6 is 0 Å². The van der Waals surface area contributed by atoms with Crippen LogP contribution in [0.5, 0.6) is 0 Å². The number of nitrogens with zero attached hydrogens (tertiary/aromatic N) is 2. The maximum atomic E-state index is 11.7. The summed E-state index contributed by atoms with van der Waals surface area (Å²) in [6.07, 6.45) is 1.07. The molecule has 0 aromatic heterocycles. The van der Waals surface area contributed by atoms with Crippen LogP contribution in [0.2, 0.25) is 0 Å². The maximum Gasteiger partial charge on any atom is 1.00 e. The molecule has 0 spiro atoms. The minimum absolute atomic E-state index is 0. The smallest absolute Gasteiger partial charge is 0.874 e. The minimum atomic E-state index is -0.163. The van der Waals surface area contributed by atoms with E-state index >= 15 is 0 Å². The Morgan fingerprint density at radius 1 is 0.955 bits per heavy atom. The largest absolute Gasteiger partial charge is 1.00 e. The van der Waals surface area contributed by atoms with Gasteiger partial charge in [-0.2, -0.15) is 5.26 Å². The first-order valence-corrected chi connectivity index (χ1v) is 6.84. The molecule has 0 aliphatic heterocycles. The zero-order valence-corrected chi connectivity index (χ0v) is 14.8. The van der Waals surface area contributed by atoms with Crippen LogP contribution in [0, 0.1) is 11.3 Å². The second-order valence-electron chi connectivity index (χ2n) is 4.86. The van der Waals surface area contributed by atoms with Crippen molar-refractivity contribution in [1.82, 2.24) is 4.90 Å². The summed E-state index contributed by atoms with van der Waals surface area (Å²) < 4.78 is 0. The standard InChI is InChI=1S/C18H18N2O.Na/c19-12-11-18(21)15-20(13-16-7-3-1-4-8-16)14-17-9-5-2-6-10-17;/h1-11,21H,13-15H2;/q;+1/p-1/b18-11-;. The predicted octanol–water partition coefficient (Wildman–Crippen LogP) is -0.539. The first kappa shape index (κ1) is 18.5. The first-order chi connectivity index (χ1) is 10.3. The summed E-state index contributed by atoms with van der Waals surface area (Å²) >= 11 is 0. The predicted molar refractivity (Wildman–Crippen MR) is 80.7 cm³/mol. The summed E-state index contributed by atoms with van der Waals surface area (Å²) in [4.78, 5) is 2.04. The molecule has 0 aliphatic carbocycles. The summed E-state index contributed by atoms with van der Waals surface area (Å²) in [7, 11) is 0. The van der Waals surface area contributed by atoms with Gasteiger partial charge in [-0.25, -0.2) is 0 Å². The van der Waals surface area contributed by atoms with Crippen molar-refractivity contribution in [3.8, 4) is 6.07 Å². The van der Waals surface area contributed by atoms with E-state index in [0.29, 0.717) is 13.1 Å². The van der Waals surface area contributed by atoms with E-state index in [1.165, 1.54) is 0 Å². The second kappa shape index (κ2) is 10.2. The van der Waals surface area contributed by atoms with Gasteiger partial charge < -0.3 is 5.11 Å². The van der Waals surface area contributed by atoms with E-state index in [0.717, 1.165) is 17.2 Å². The normalized spacial score (nSPS) is 10.8. The molecule has 0 saturated heterocycles. The van der Waals surface area contributed by atoms with Gasteiger partial charge in [-0.15, -0.1) is 5.76 Å². The van der Waals surface area contributed by atoms with Crippen LogP contribution in [0.25, 0.3) is 0 Å². The molecule has 0 unspecified atom stereocenters. The Bertz CT molecular complexity index is 579. The topological polar surface area (TPSA) is 50.1 Å². The molecule has 0 bridgehead atoms. The molecule has 0 heterocycles. The summed E-state index contributed by atoms with van der Waals surface area (Å²) in [6.45, 7) is 1.61. The molecular formula is C18H17N2NaO. The zero-order valence-electron chi connectivity index (χ0n) is 12.8. The Balaban J connectivity index is 0.00000242. The van der Waals surface area contributed by atoms with Crippen LogP contribution in [0.15, 0.2) is 72.5 Å². The molecule has 0 N–H and O–H groups in total. The van der Waals surface area contributed by atoms with E-state index in [-0.39, 0.29) is 41.9 Å². The summed E-state index contributed by atoms with van der Waals surface area (Å²) in [6, 6.07) is 21.8. The number of hydrogen-bond donors (Lipinski definition) is 0. The number of rotatable bonds is 6. The number of allylic oxidation sites excluding steroid dienone is 1. The fraction of sp³-hybridized carbons (Fsp3) is 0.167. The average Bonchev–Trinajstić information content (AvgIpc) is 2.49. The fourth-order valence-corrected chi connectivity index (χ4v) is 2.19. The number of benzene rings is 2. The number of nitriles is 1. The molecule has 2 aromatic rings. The van der Waals surface area contributed by atoms with Crippen LogP contribution in [-0.4, -0.2) is 11.4 Å². The van der Waals surface area contributed by atoms with Gasteiger partial charge in [0.05, 0.1) is 6.07 Å². The second-order valence-corrected chi connectivity index (χ2v) is 4.86. The van der Waals surface area contributed by atoms with Gasteiger partial charge in [-0.05, 0) is 11.1 Å². The van der Waals surface area contributed by atoms with E-state index in [2.05, 4.69) is 0 Å². The third kappa shape index (κ3) is 6.46. The fourth-order valence-electron chi connectivity index (χ4n) is 2.19. The van der Waals surface area contributed by atoms with E-state index in [9.17, 15) is 5.11 Å². The molecule has 3 nitrogen and oxygen atoms in total. The molecule has 0 atom stereocenters. The van der Waals surface area contributed by atoms with Gasteiger partial charge in [-0.3, -0.25) is 4.90 Å². The van der Waals surface area contributed by atoms with Crippen molar-refractivity contribution >= 4 is 0 Å². The van der Waals surface area contributed by atoms with E-state index < -0.39 is 0 Å². The molecule has 0 radical (unpaired) electrons. The number of hydrogen-bond acceptors (Lipinski definition) is 3. The van der Waals surface area contributed by atoms with Gasteiger partial charge in [-0.1, -0.05) is 60.7 Å². The monoisotopic (exact) mass is 300 g/mol. The molecule has 106 valence electrons. The van der Waals surface area contributed by atoms with Crippen molar-refractivity contribution in [2.75, 3.05) is 6.54 Å². The SMILES string of the molecule is N#C/C=C(\[O-])CN(Cc1ccccc1)Cc1ccccc1.[Na+]. The van der Waals surface area contributed by atoms with Gasteiger partial charge in [0.15, 0.2) is 0 Å². The Kier molecular flexibility index (Phi) is 8.57. The van der Waals surface area contributed by atoms with Crippen LogP contribution in [0.4, 0.5) is 0 Å². The molecule has 0 amide bonds. The van der Waals surface area contributed by atoms with Crippen molar-refractivity contribution < 1.29 is 34.7 Å². The van der Waals surface area contributed by atoms with Gasteiger partial charge in [0.25, 0.3) is 0 Å². The Morgan fingerprint density at radius 3 is 1.82 bits per heavy atom. The molecule has 0 saturated carbocycles. The summed E-state index contributed by atoms with van der Waals surface area (Å²) in [5, 5.41) is 20.3. The zero-order chi connectivity index (χ0) is 14.9. The van der Waals surface area contributed by atoms with Gasteiger partial charge in [0.1, 0.15) is 0 Å². The van der Waals surface area contributed by atoms with Crippen molar-refractivity contribution in [1.29, 1.82) is 5.26 Å². The minimum Gasteiger partial charge on any atom is -0.874 e. The molecule has 0 aliphatic rings. The third-order valence-corrected chi connectivity index (χ3v) is 3.10. The van der Waals surface area contributed by atoms with E-state index in [1.807, 2.05) is 65.6 Å². The third-order valence-electron chi connectivity index (χ3n) is 3.10. The van der Waals surface area contributed by atoms with Crippen LogP contribution < -0.4 is 34.7 Å². The Hall–Kier alpha value is -1.57. The Labute approximate surface area is 153 Å². The summed E-state index contributed by atoms with van der Waals surface area (Å²) in [5.74, 6) is -0.163. The van der Waals surface area contributed by atoms with Crippen molar-refractivity contribution in [2.45, 2.75) is 13.1 Å². The van der Waals surface area contributed by atoms with Crippen molar-refractivity contribution in [3.63, 3.8) is 0 Å². The van der Waals surface area contributed by atoms with Crippen LogP contribution in [-0.2, 0) is 13.1 Å². The van der Waals surface area contributed by atoms with E-state index in [4.69, 9.17) is 5.26 Å². The Morgan fingerprint density at radius 2 is 1.41 bits per heavy atom. The van der Waals surface area contributed by atoms with Gasteiger partial charge in [0.2, 0.25) is 0 Å². The molecule has 0 fully saturated rings. The van der Waals surface area contributed by atoms with Gasteiger partial charge >= 0.3 is 29.6 Å². The summed E-state index contributed by atoms with van der Waals surface area (Å²) in [5.41, 5.74) is 2.30. The maximum absolute atomic E-state index is 11.7. The van der Waals surface area contributed by atoms with Crippen molar-refractivity contribution in [2.24, 2.45) is 0 Å². The van der Waals surface area contributed by atoms with Crippen molar-refractivity contribution in [3.05, 3.63) is 83.6 Å². The molecule has 22 heavy (non-hydrogen) atoms. The first-order valence-electron chi connectivity index (χ1n) is 6.84. The molecule has 2 aromatic carbocycles. The molecule has 4 heteroatoms. The quantitative estimate of drug-likeness (QED) is 0.409. The van der Waals surface area contributed by atoms with Crippen LogP contribution in [0.3, 0.4) is 0 Å². The van der Waals surface area contributed by atoms with Crippen LogP contribution in [0.1, 0.15) is 11.1 Å². The van der Waals surface area contributed by atoms with Gasteiger partial charge in [0, 0.05) is 25.7 Å².